The number of piperidine rings is 1. The smallest absolute Gasteiger partial charge is 0.127 e. The lowest BCUT2D eigenvalue weighted by Gasteiger charge is -2.30. The predicted octanol–water partition coefficient (Wildman–Crippen LogP) is 1.59. The van der Waals surface area contributed by atoms with E-state index in [1.807, 2.05) is 4.68 Å². The van der Waals surface area contributed by atoms with Crippen LogP contribution in [0, 0.1) is 0 Å². The van der Waals surface area contributed by atoms with Crippen molar-refractivity contribution < 1.29 is 0 Å². The Morgan fingerprint density at radius 2 is 2.12 bits per heavy atom. The summed E-state index contributed by atoms with van der Waals surface area (Å²) in [6.07, 6.45) is 3.71. The largest absolute Gasteiger partial charge is 0.370 e. The van der Waals surface area contributed by atoms with E-state index in [2.05, 4.69) is 24.2 Å². The van der Waals surface area contributed by atoms with Gasteiger partial charge in [-0.3, -0.25) is 4.68 Å². The van der Waals surface area contributed by atoms with E-state index >= 15 is 0 Å². The summed E-state index contributed by atoms with van der Waals surface area (Å²) in [5.41, 5.74) is 2.87. The summed E-state index contributed by atoms with van der Waals surface area (Å²) in [7, 11) is 2.06. The van der Waals surface area contributed by atoms with Crippen LogP contribution in [0.1, 0.15) is 36.9 Å². The van der Waals surface area contributed by atoms with Crippen molar-refractivity contribution in [3.63, 3.8) is 0 Å². The number of rotatable bonds is 2. The van der Waals surface area contributed by atoms with E-state index in [-0.39, 0.29) is 0 Å². The van der Waals surface area contributed by atoms with E-state index in [1.54, 1.807) is 0 Å². The number of aryl methyl sites for hydroxylation is 1. The maximum absolute atomic E-state index is 4.74. The minimum atomic E-state index is 0.688. The second kappa shape index (κ2) is 4.33. The number of fused-ring (bicyclic) bond motifs is 1. The van der Waals surface area contributed by atoms with Crippen LogP contribution < -0.4 is 5.32 Å². The molecule has 0 atom stereocenters. The molecule has 4 heteroatoms. The van der Waals surface area contributed by atoms with Gasteiger partial charge < -0.3 is 10.2 Å². The van der Waals surface area contributed by atoms with Gasteiger partial charge in [-0.25, -0.2) is 0 Å². The fourth-order valence-corrected chi connectivity index (χ4v) is 3.21. The van der Waals surface area contributed by atoms with Gasteiger partial charge in [-0.1, -0.05) is 6.92 Å². The molecule has 1 aromatic rings. The van der Waals surface area contributed by atoms with Gasteiger partial charge in [0.25, 0.3) is 0 Å². The summed E-state index contributed by atoms with van der Waals surface area (Å²) in [5, 5.41) is 8.18. The van der Waals surface area contributed by atoms with Crippen LogP contribution >= 0.6 is 0 Å². The minimum absolute atomic E-state index is 0.688. The lowest BCUT2D eigenvalue weighted by atomic mass is 9.91. The van der Waals surface area contributed by atoms with Crippen molar-refractivity contribution >= 4 is 5.82 Å². The fourth-order valence-electron chi connectivity index (χ4n) is 3.21. The third kappa shape index (κ3) is 1.84. The molecule has 1 N–H and O–H groups in total. The summed E-state index contributed by atoms with van der Waals surface area (Å²) in [5.74, 6) is 1.95. The van der Waals surface area contributed by atoms with Gasteiger partial charge in [-0.05, 0) is 38.9 Å². The Balaban J connectivity index is 1.79. The molecule has 0 aliphatic carbocycles. The van der Waals surface area contributed by atoms with E-state index in [0.29, 0.717) is 5.92 Å². The Hall–Kier alpha value is -1.03. The first-order valence-electron chi connectivity index (χ1n) is 6.81. The quantitative estimate of drug-likeness (QED) is 0.843. The summed E-state index contributed by atoms with van der Waals surface area (Å²) in [6.45, 7) is 7.00. The molecule has 0 amide bonds. The monoisotopic (exact) mass is 234 g/mol. The Kier molecular flexibility index (Phi) is 2.82. The maximum atomic E-state index is 4.74. The molecule has 0 unspecified atom stereocenters. The molecule has 1 saturated heterocycles. The van der Waals surface area contributed by atoms with Crippen LogP contribution in [0.15, 0.2) is 0 Å². The summed E-state index contributed by atoms with van der Waals surface area (Å²) < 4.78 is 2.03. The zero-order chi connectivity index (χ0) is 11.8. The van der Waals surface area contributed by atoms with Gasteiger partial charge in [0.1, 0.15) is 5.82 Å². The first kappa shape index (κ1) is 11.1. The third-order valence-corrected chi connectivity index (χ3v) is 4.27. The molecule has 0 saturated carbocycles. The Morgan fingerprint density at radius 1 is 1.35 bits per heavy atom. The SMILES string of the molecule is CCN1CCC(c2nn(C)c3c2CCN3)CC1. The van der Waals surface area contributed by atoms with Crippen molar-refractivity contribution in [2.45, 2.75) is 32.1 Å². The van der Waals surface area contributed by atoms with Crippen molar-refractivity contribution in [3.05, 3.63) is 11.3 Å². The molecule has 1 fully saturated rings. The summed E-state index contributed by atoms with van der Waals surface area (Å²) in [4.78, 5) is 2.54. The molecule has 0 bridgehead atoms. The van der Waals surface area contributed by atoms with Crippen LogP contribution in [0.2, 0.25) is 0 Å². The van der Waals surface area contributed by atoms with Crippen LogP contribution in [-0.2, 0) is 13.5 Å². The summed E-state index contributed by atoms with van der Waals surface area (Å²) >= 11 is 0. The Bertz CT molecular complexity index is 402. The highest BCUT2D eigenvalue weighted by Crippen LogP contribution is 2.34. The molecule has 2 aliphatic heterocycles. The van der Waals surface area contributed by atoms with E-state index < -0.39 is 0 Å². The van der Waals surface area contributed by atoms with Gasteiger partial charge in [0, 0.05) is 25.1 Å². The normalized spacial score (nSPS) is 21.5. The maximum Gasteiger partial charge on any atom is 0.127 e. The molecule has 3 heterocycles. The van der Waals surface area contributed by atoms with Crippen molar-refractivity contribution in [1.29, 1.82) is 0 Å². The van der Waals surface area contributed by atoms with E-state index in [4.69, 9.17) is 5.10 Å². The molecule has 17 heavy (non-hydrogen) atoms. The van der Waals surface area contributed by atoms with Crippen LogP contribution in [0.3, 0.4) is 0 Å². The minimum Gasteiger partial charge on any atom is -0.370 e. The molecule has 0 spiro atoms. The first-order chi connectivity index (χ1) is 8.29. The number of likely N-dealkylation sites (tertiary alicyclic amines) is 1. The average Bonchev–Trinajstić information content (AvgIpc) is 2.94. The number of hydrogen-bond donors (Lipinski definition) is 1. The third-order valence-electron chi connectivity index (χ3n) is 4.27. The molecule has 4 nitrogen and oxygen atoms in total. The van der Waals surface area contributed by atoms with Gasteiger partial charge in [-0.2, -0.15) is 5.10 Å². The zero-order valence-electron chi connectivity index (χ0n) is 10.9. The van der Waals surface area contributed by atoms with Gasteiger partial charge in [0.05, 0.1) is 5.69 Å². The molecule has 0 aromatic carbocycles. The van der Waals surface area contributed by atoms with E-state index in [0.717, 1.165) is 13.0 Å². The highest BCUT2D eigenvalue weighted by Gasteiger charge is 2.28. The highest BCUT2D eigenvalue weighted by atomic mass is 15.3. The topological polar surface area (TPSA) is 33.1 Å². The van der Waals surface area contributed by atoms with Crippen LogP contribution in [0.5, 0.6) is 0 Å². The van der Waals surface area contributed by atoms with Gasteiger partial charge >= 0.3 is 0 Å². The second-order valence-electron chi connectivity index (χ2n) is 5.22. The second-order valence-corrected chi connectivity index (χ2v) is 5.22. The van der Waals surface area contributed by atoms with Crippen LogP contribution in [0.4, 0.5) is 5.82 Å². The lowest BCUT2D eigenvalue weighted by molar-refractivity contribution is 0.220. The molecular formula is C13H22N4. The zero-order valence-corrected chi connectivity index (χ0v) is 10.9. The fraction of sp³-hybridized carbons (Fsp3) is 0.769. The van der Waals surface area contributed by atoms with Crippen LogP contribution in [0.25, 0.3) is 0 Å². The summed E-state index contributed by atoms with van der Waals surface area (Å²) in [6, 6.07) is 0. The number of aromatic nitrogens is 2. The van der Waals surface area contributed by atoms with E-state index in [9.17, 15) is 0 Å². The molecule has 2 aliphatic rings. The molecular weight excluding hydrogens is 212 g/mol. The van der Waals surface area contributed by atoms with Crippen molar-refractivity contribution in [2.24, 2.45) is 7.05 Å². The molecule has 0 radical (unpaired) electrons. The Morgan fingerprint density at radius 3 is 2.82 bits per heavy atom. The average molecular weight is 234 g/mol. The standard InChI is InChI=1S/C13H22N4/c1-3-17-8-5-10(6-9-17)12-11-4-7-14-13(11)16(2)15-12/h10,14H,3-9H2,1-2H3. The lowest BCUT2D eigenvalue weighted by Crippen LogP contribution is -2.33. The van der Waals surface area contributed by atoms with E-state index in [1.165, 1.54) is 49.6 Å². The van der Waals surface area contributed by atoms with Crippen molar-refractivity contribution in [1.82, 2.24) is 14.7 Å². The number of hydrogen-bond acceptors (Lipinski definition) is 3. The molecule has 1 aromatic heterocycles. The number of nitrogens with zero attached hydrogens (tertiary/aromatic N) is 3. The van der Waals surface area contributed by atoms with Gasteiger partial charge in [0.15, 0.2) is 0 Å². The van der Waals surface area contributed by atoms with Gasteiger partial charge in [0.2, 0.25) is 0 Å². The number of anilines is 1. The van der Waals surface area contributed by atoms with Crippen molar-refractivity contribution in [3.8, 4) is 0 Å². The van der Waals surface area contributed by atoms with Crippen LogP contribution in [-0.4, -0.2) is 40.9 Å². The highest BCUT2D eigenvalue weighted by molar-refractivity contribution is 5.53. The van der Waals surface area contributed by atoms with Crippen molar-refractivity contribution in [2.75, 3.05) is 31.5 Å². The predicted molar refractivity (Wildman–Crippen MR) is 69.5 cm³/mol. The Labute approximate surface area is 103 Å². The number of nitrogens with one attached hydrogen (secondary N) is 1. The molecule has 3 rings (SSSR count). The molecule has 94 valence electrons. The first-order valence-corrected chi connectivity index (χ1v) is 6.81. The van der Waals surface area contributed by atoms with Gasteiger partial charge in [-0.15, -0.1) is 0 Å².